The van der Waals surface area contributed by atoms with Gasteiger partial charge in [0.1, 0.15) is 5.82 Å². The van der Waals surface area contributed by atoms with E-state index in [1.54, 1.807) is 0 Å². The minimum Gasteiger partial charge on any atom is -0.332 e. The molecule has 2 nitrogen and oxygen atoms in total. The summed E-state index contributed by atoms with van der Waals surface area (Å²) in [5.74, 6) is 2.06. The summed E-state index contributed by atoms with van der Waals surface area (Å²) in [6, 6.07) is 0.587. The van der Waals surface area contributed by atoms with E-state index in [-0.39, 0.29) is 0 Å². The highest BCUT2D eigenvalue weighted by atomic mass is 15.1. The zero-order chi connectivity index (χ0) is 29.6. The van der Waals surface area contributed by atoms with Gasteiger partial charge < -0.3 is 4.57 Å². The van der Waals surface area contributed by atoms with Gasteiger partial charge in [-0.2, -0.15) is 0 Å². The van der Waals surface area contributed by atoms with Crippen molar-refractivity contribution in [3.63, 3.8) is 0 Å². The Balaban J connectivity index is 2.30. The number of hydrogen-bond donors (Lipinski definition) is 0. The lowest BCUT2D eigenvalue weighted by Gasteiger charge is -2.22. The molecule has 0 amide bonds. The van der Waals surface area contributed by atoms with Crippen LogP contribution in [0.5, 0.6) is 0 Å². The van der Waals surface area contributed by atoms with Gasteiger partial charge in [0.25, 0.3) is 0 Å². The Hall–Kier alpha value is -0.790. The number of rotatable bonds is 32. The van der Waals surface area contributed by atoms with E-state index in [0.717, 1.165) is 0 Å². The zero-order valence-electron chi connectivity index (χ0n) is 28.9. The van der Waals surface area contributed by atoms with Crippen molar-refractivity contribution in [1.82, 2.24) is 9.55 Å². The van der Waals surface area contributed by atoms with Crippen LogP contribution in [0, 0.1) is 0 Å². The first-order valence-corrected chi connectivity index (χ1v) is 19.3. The average molecular weight is 573 g/mol. The van der Waals surface area contributed by atoms with E-state index in [0.29, 0.717) is 12.0 Å². The van der Waals surface area contributed by atoms with Gasteiger partial charge in [-0.1, -0.05) is 194 Å². The van der Waals surface area contributed by atoms with Gasteiger partial charge in [0.2, 0.25) is 0 Å². The Bertz CT molecular complexity index is 635. The second-order valence-electron chi connectivity index (χ2n) is 13.6. The number of nitrogens with zero attached hydrogens (tertiary/aromatic N) is 2. The number of unbranched alkanes of at least 4 members (excludes halogenated alkanes) is 24. The van der Waals surface area contributed by atoms with Crippen molar-refractivity contribution in [2.24, 2.45) is 0 Å². The molecule has 0 radical (unpaired) electrons. The van der Waals surface area contributed by atoms with Gasteiger partial charge in [0.05, 0.1) is 0 Å². The smallest absolute Gasteiger partial charge is 0.111 e. The van der Waals surface area contributed by atoms with Crippen LogP contribution < -0.4 is 0 Å². The summed E-state index contributed by atoms with van der Waals surface area (Å²) in [5, 5.41) is 0. The molecule has 0 N–H and O–H groups in total. The first kappa shape index (κ1) is 38.2. The van der Waals surface area contributed by atoms with Gasteiger partial charge in [-0.25, -0.2) is 4.98 Å². The molecule has 41 heavy (non-hydrogen) atoms. The maximum Gasteiger partial charge on any atom is 0.111 e. The molecule has 1 rings (SSSR count). The van der Waals surface area contributed by atoms with Gasteiger partial charge in [0.15, 0.2) is 0 Å². The molecule has 0 aliphatic carbocycles. The fourth-order valence-corrected chi connectivity index (χ4v) is 6.69. The zero-order valence-corrected chi connectivity index (χ0v) is 28.9. The number of aromatic nitrogens is 2. The molecule has 1 aromatic heterocycles. The lowest BCUT2D eigenvalue weighted by atomic mass is 9.92. The highest BCUT2D eigenvalue weighted by Gasteiger charge is 2.19. The van der Waals surface area contributed by atoms with Crippen molar-refractivity contribution in [3.8, 4) is 0 Å². The fourth-order valence-electron chi connectivity index (χ4n) is 6.69. The van der Waals surface area contributed by atoms with E-state index in [1.807, 2.05) is 0 Å². The normalized spacial score (nSPS) is 13.2. The van der Waals surface area contributed by atoms with Crippen molar-refractivity contribution in [1.29, 1.82) is 0 Å². The van der Waals surface area contributed by atoms with Crippen LogP contribution in [0.3, 0.4) is 0 Å². The highest BCUT2D eigenvalue weighted by molar-refractivity contribution is 5.02. The quantitative estimate of drug-likeness (QED) is 0.0785. The minimum absolute atomic E-state index is 0.587. The van der Waals surface area contributed by atoms with Crippen molar-refractivity contribution < 1.29 is 0 Å². The van der Waals surface area contributed by atoms with Crippen LogP contribution in [0.2, 0.25) is 0 Å². The Kier molecular flexibility index (Phi) is 27.3. The van der Waals surface area contributed by atoms with Crippen molar-refractivity contribution in [2.75, 3.05) is 0 Å². The molecule has 1 heterocycles. The Morgan fingerprint density at radius 1 is 0.463 bits per heavy atom. The molecule has 1 aromatic rings. The average Bonchev–Trinajstić information content (AvgIpc) is 3.48. The molecule has 0 bridgehead atoms. The van der Waals surface area contributed by atoms with Crippen LogP contribution in [0.4, 0.5) is 0 Å². The summed E-state index contributed by atoms with van der Waals surface area (Å²) in [6.45, 7) is 9.34. The van der Waals surface area contributed by atoms with Gasteiger partial charge in [-0.05, 0) is 26.2 Å². The molecular weight excluding hydrogens is 496 g/mol. The third kappa shape index (κ3) is 21.5. The Morgan fingerprint density at radius 2 is 0.805 bits per heavy atom. The van der Waals surface area contributed by atoms with Gasteiger partial charge >= 0.3 is 0 Å². The summed E-state index contributed by atoms with van der Waals surface area (Å²) in [5.41, 5.74) is 0. The largest absolute Gasteiger partial charge is 0.332 e. The van der Waals surface area contributed by atoms with Crippen LogP contribution in [-0.4, -0.2) is 9.55 Å². The molecular formula is C39H76N2. The number of hydrogen-bond acceptors (Lipinski definition) is 1. The molecule has 2 unspecified atom stereocenters. The molecule has 242 valence electrons. The van der Waals surface area contributed by atoms with Crippen LogP contribution in [0.1, 0.15) is 238 Å². The third-order valence-corrected chi connectivity index (χ3v) is 9.58. The van der Waals surface area contributed by atoms with E-state index < -0.39 is 0 Å². The molecule has 2 atom stereocenters. The predicted molar refractivity (Wildman–Crippen MR) is 185 cm³/mol. The van der Waals surface area contributed by atoms with Crippen molar-refractivity contribution >= 4 is 0 Å². The third-order valence-electron chi connectivity index (χ3n) is 9.58. The molecule has 0 aliphatic rings. The standard InChI is InChI=1S/C39H76N2/c1-5-8-11-13-15-17-19-21-23-25-27-29-31-34-38(39-40-35-36-41(39)37(4)32-10-7-3)33-30-28-26-24-22-20-18-16-14-12-9-6-2/h35-38H,5-34H2,1-4H3. The maximum absolute atomic E-state index is 4.96. The van der Waals surface area contributed by atoms with E-state index in [2.05, 4.69) is 44.7 Å². The molecule has 0 saturated carbocycles. The van der Waals surface area contributed by atoms with Gasteiger partial charge in [-0.15, -0.1) is 0 Å². The summed E-state index contributed by atoms with van der Waals surface area (Å²) >= 11 is 0. The first-order valence-electron chi connectivity index (χ1n) is 19.3. The first-order chi connectivity index (χ1) is 20.2. The van der Waals surface area contributed by atoms with E-state index in [1.165, 1.54) is 198 Å². The van der Waals surface area contributed by atoms with Crippen LogP contribution >= 0.6 is 0 Å². The molecule has 2 heteroatoms. The molecule has 0 aromatic carbocycles. The number of imidazole rings is 1. The lowest BCUT2D eigenvalue weighted by molar-refractivity contribution is 0.416. The predicted octanol–water partition coefficient (Wildman–Crippen LogP) is 14.3. The summed E-state index contributed by atoms with van der Waals surface area (Å²) < 4.78 is 2.54. The van der Waals surface area contributed by atoms with E-state index in [9.17, 15) is 0 Å². The summed E-state index contributed by atoms with van der Waals surface area (Å²) in [6.07, 6.45) is 46.8. The molecule has 0 spiro atoms. The topological polar surface area (TPSA) is 17.8 Å². The summed E-state index contributed by atoms with van der Waals surface area (Å²) in [4.78, 5) is 4.96. The Labute approximate surface area is 259 Å². The molecule has 0 saturated heterocycles. The van der Waals surface area contributed by atoms with Crippen molar-refractivity contribution in [2.45, 2.75) is 232 Å². The van der Waals surface area contributed by atoms with Crippen molar-refractivity contribution in [3.05, 3.63) is 18.2 Å². The minimum atomic E-state index is 0.587. The Morgan fingerprint density at radius 3 is 1.17 bits per heavy atom. The fraction of sp³-hybridized carbons (Fsp3) is 0.923. The second-order valence-corrected chi connectivity index (χ2v) is 13.6. The summed E-state index contributed by atoms with van der Waals surface area (Å²) in [7, 11) is 0. The molecule has 0 aliphatic heterocycles. The SMILES string of the molecule is CCCCCCCCCCCCCCCC(CCCCCCCCCCCCCC)c1nccn1C(C)CCCC. The van der Waals surface area contributed by atoms with E-state index in [4.69, 9.17) is 4.98 Å². The lowest BCUT2D eigenvalue weighted by Crippen LogP contribution is -2.13. The highest BCUT2D eigenvalue weighted by Crippen LogP contribution is 2.30. The monoisotopic (exact) mass is 573 g/mol. The van der Waals surface area contributed by atoms with Crippen LogP contribution in [0.25, 0.3) is 0 Å². The van der Waals surface area contributed by atoms with Crippen LogP contribution in [-0.2, 0) is 0 Å². The molecule has 0 fully saturated rings. The van der Waals surface area contributed by atoms with Crippen LogP contribution in [0.15, 0.2) is 12.4 Å². The van der Waals surface area contributed by atoms with Gasteiger partial charge in [0, 0.05) is 24.4 Å². The maximum atomic E-state index is 4.96. The van der Waals surface area contributed by atoms with E-state index >= 15 is 0 Å². The second kappa shape index (κ2) is 29.3. The van der Waals surface area contributed by atoms with Gasteiger partial charge in [-0.3, -0.25) is 0 Å².